The van der Waals surface area contributed by atoms with Crippen molar-refractivity contribution in [3.8, 4) is 0 Å². The molecule has 1 atom stereocenters. The molecule has 13 nitrogen and oxygen atoms in total. The van der Waals surface area contributed by atoms with Gasteiger partial charge in [0.25, 0.3) is 17.3 Å². The van der Waals surface area contributed by atoms with Crippen LogP contribution >= 0.6 is 0 Å². The average Bonchev–Trinajstić information content (AvgIpc) is 2.77. The normalized spacial score (nSPS) is 11.3. The van der Waals surface area contributed by atoms with Crippen LogP contribution in [0, 0.1) is 20.2 Å². The lowest BCUT2D eigenvalue weighted by Crippen LogP contribution is -2.44. The number of nitro benzene ring substituents is 2. The monoisotopic (exact) mass is 459 g/mol. The van der Waals surface area contributed by atoms with E-state index in [9.17, 15) is 39.7 Å². The number of nitrogens with one attached hydrogen (secondary N) is 2. The highest BCUT2D eigenvalue weighted by Gasteiger charge is 2.27. The summed E-state index contributed by atoms with van der Waals surface area (Å²) in [5.41, 5.74) is 3.28. The van der Waals surface area contributed by atoms with Gasteiger partial charge in [0.15, 0.2) is 0 Å². The predicted octanol–water partition coefficient (Wildman–Crippen LogP) is 2.07. The SMILES string of the molecule is NC(=O)[C@H](CCCCNc1c(C(=O)O)cc([N+](=O)[O-])cc1[N+](=O)[O-])NC(=O)c1ccccc1. The quantitative estimate of drug-likeness (QED) is 0.208. The minimum absolute atomic E-state index is 0.0665. The summed E-state index contributed by atoms with van der Waals surface area (Å²) in [5, 5.41) is 36.7. The van der Waals surface area contributed by atoms with Gasteiger partial charge in [-0.1, -0.05) is 18.2 Å². The largest absolute Gasteiger partial charge is 0.478 e. The van der Waals surface area contributed by atoms with E-state index >= 15 is 0 Å². The van der Waals surface area contributed by atoms with Crippen molar-refractivity contribution < 1.29 is 29.3 Å². The number of carboxylic acids is 1. The van der Waals surface area contributed by atoms with Crippen molar-refractivity contribution in [1.82, 2.24) is 5.32 Å². The number of hydrogen-bond donors (Lipinski definition) is 4. The summed E-state index contributed by atoms with van der Waals surface area (Å²) in [7, 11) is 0. The second-order valence-electron chi connectivity index (χ2n) is 6.92. The van der Waals surface area contributed by atoms with E-state index in [1.807, 2.05) is 0 Å². The van der Waals surface area contributed by atoms with Crippen molar-refractivity contribution in [3.05, 3.63) is 73.8 Å². The van der Waals surface area contributed by atoms with Crippen LogP contribution in [0.5, 0.6) is 0 Å². The lowest BCUT2D eigenvalue weighted by molar-refractivity contribution is -0.393. The number of non-ortho nitro benzene ring substituents is 1. The Morgan fingerprint density at radius 2 is 1.70 bits per heavy atom. The maximum Gasteiger partial charge on any atom is 0.338 e. The van der Waals surface area contributed by atoms with Gasteiger partial charge in [0.1, 0.15) is 11.7 Å². The molecule has 0 spiro atoms. The van der Waals surface area contributed by atoms with Crippen LogP contribution in [0.15, 0.2) is 42.5 Å². The van der Waals surface area contributed by atoms with E-state index in [1.54, 1.807) is 30.3 Å². The molecule has 2 rings (SSSR count). The van der Waals surface area contributed by atoms with Crippen molar-refractivity contribution in [3.63, 3.8) is 0 Å². The molecule has 5 N–H and O–H groups in total. The van der Waals surface area contributed by atoms with Gasteiger partial charge in [-0.2, -0.15) is 0 Å². The van der Waals surface area contributed by atoms with Crippen LogP contribution in [0.25, 0.3) is 0 Å². The Balaban J connectivity index is 2.01. The molecule has 2 amide bonds. The third kappa shape index (κ3) is 6.72. The number of nitrogens with zero attached hydrogens (tertiary/aromatic N) is 2. The fourth-order valence-corrected chi connectivity index (χ4v) is 3.02. The lowest BCUT2D eigenvalue weighted by Gasteiger charge is -2.16. The fraction of sp³-hybridized carbons (Fsp3) is 0.250. The molecule has 13 heteroatoms. The first kappa shape index (κ1) is 24.7. The number of nitrogens with two attached hydrogens (primary N) is 1. The van der Waals surface area contributed by atoms with E-state index in [0.717, 1.165) is 6.07 Å². The summed E-state index contributed by atoms with van der Waals surface area (Å²) in [6, 6.07) is 8.70. The molecule has 33 heavy (non-hydrogen) atoms. The van der Waals surface area contributed by atoms with Gasteiger partial charge < -0.3 is 21.5 Å². The minimum atomic E-state index is -1.57. The van der Waals surface area contributed by atoms with Crippen LogP contribution in [-0.4, -0.2) is 45.3 Å². The zero-order valence-electron chi connectivity index (χ0n) is 17.2. The first-order valence-corrected chi connectivity index (χ1v) is 9.71. The average molecular weight is 459 g/mol. The molecule has 2 aromatic rings. The van der Waals surface area contributed by atoms with Crippen molar-refractivity contribution in [2.45, 2.75) is 25.3 Å². The number of aromatic carboxylic acids is 1. The van der Waals surface area contributed by atoms with E-state index in [2.05, 4.69) is 10.6 Å². The second kappa shape index (κ2) is 11.2. The standard InChI is InChI=1S/C20H21N5O8/c21-18(26)15(23-19(27)12-6-2-1-3-7-12)8-4-5-9-22-17-14(20(28)29)10-13(24(30)31)11-16(17)25(32)33/h1-3,6-7,10-11,15,22H,4-5,8-9H2,(H2,21,26)(H,23,27)(H,28,29)/t15-/m0/s1. The number of amides is 2. The summed E-state index contributed by atoms with van der Waals surface area (Å²) in [5.74, 6) is -2.77. The molecule has 0 fully saturated rings. The maximum absolute atomic E-state index is 12.2. The topological polar surface area (TPSA) is 208 Å². The molecular weight excluding hydrogens is 438 g/mol. The Labute approximate surface area is 186 Å². The van der Waals surface area contributed by atoms with Gasteiger partial charge in [0.05, 0.1) is 21.5 Å². The number of hydrogen-bond acceptors (Lipinski definition) is 8. The van der Waals surface area contributed by atoms with Crippen LogP contribution in [0.4, 0.5) is 17.1 Å². The number of unbranched alkanes of at least 4 members (excludes halogenated alkanes) is 1. The molecule has 174 valence electrons. The number of rotatable bonds is 12. The first-order valence-electron chi connectivity index (χ1n) is 9.71. The van der Waals surface area contributed by atoms with Gasteiger partial charge in [0.2, 0.25) is 5.91 Å². The number of carbonyl (C=O) groups excluding carboxylic acids is 2. The molecule has 0 bridgehead atoms. The van der Waals surface area contributed by atoms with Gasteiger partial charge >= 0.3 is 5.97 Å². The highest BCUT2D eigenvalue weighted by Crippen LogP contribution is 2.33. The lowest BCUT2D eigenvalue weighted by atomic mass is 10.1. The number of benzene rings is 2. The molecule has 2 aromatic carbocycles. The van der Waals surface area contributed by atoms with Crippen molar-refractivity contribution in [2.24, 2.45) is 5.73 Å². The zero-order chi connectivity index (χ0) is 24.5. The van der Waals surface area contributed by atoms with Gasteiger partial charge in [-0.15, -0.1) is 0 Å². The summed E-state index contributed by atoms with van der Waals surface area (Å²) in [6.45, 7) is 0.0665. The van der Waals surface area contributed by atoms with E-state index in [4.69, 9.17) is 5.73 Å². The molecule has 0 aliphatic heterocycles. The van der Waals surface area contributed by atoms with E-state index in [1.165, 1.54) is 0 Å². The van der Waals surface area contributed by atoms with Gasteiger partial charge in [0, 0.05) is 18.2 Å². The Kier molecular flexibility index (Phi) is 8.37. The summed E-state index contributed by atoms with van der Waals surface area (Å²) in [4.78, 5) is 55.8. The summed E-state index contributed by atoms with van der Waals surface area (Å²) in [6.07, 6.45) is 0.876. The number of carboxylic acid groups (broad SMARTS) is 1. The van der Waals surface area contributed by atoms with Crippen molar-refractivity contribution in [2.75, 3.05) is 11.9 Å². The molecule has 0 saturated carbocycles. The van der Waals surface area contributed by atoms with E-state index < -0.39 is 50.6 Å². The van der Waals surface area contributed by atoms with Crippen molar-refractivity contribution in [1.29, 1.82) is 0 Å². The van der Waals surface area contributed by atoms with Crippen LogP contribution in [0.3, 0.4) is 0 Å². The first-order chi connectivity index (χ1) is 15.6. The Morgan fingerprint density at radius 1 is 1.03 bits per heavy atom. The van der Waals surface area contributed by atoms with Crippen molar-refractivity contribution >= 4 is 34.8 Å². The minimum Gasteiger partial charge on any atom is -0.478 e. The van der Waals surface area contributed by atoms with Crippen LogP contribution in [0.2, 0.25) is 0 Å². The maximum atomic E-state index is 12.2. The molecule has 0 unspecified atom stereocenters. The molecule has 0 aliphatic carbocycles. The molecule has 0 aliphatic rings. The Hall–Kier alpha value is -4.55. The smallest absolute Gasteiger partial charge is 0.338 e. The highest BCUT2D eigenvalue weighted by molar-refractivity contribution is 5.98. The zero-order valence-corrected chi connectivity index (χ0v) is 17.2. The number of carbonyl (C=O) groups is 3. The molecule has 0 aromatic heterocycles. The van der Waals surface area contributed by atoms with Gasteiger partial charge in [-0.3, -0.25) is 29.8 Å². The third-order valence-electron chi connectivity index (χ3n) is 4.65. The van der Waals surface area contributed by atoms with Gasteiger partial charge in [-0.05, 0) is 31.4 Å². The van der Waals surface area contributed by atoms with Crippen LogP contribution in [0.1, 0.15) is 40.0 Å². The van der Waals surface area contributed by atoms with E-state index in [-0.39, 0.29) is 18.7 Å². The third-order valence-corrected chi connectivity index (χ3v) is 4.65. The Morgan fingerprint density at radius 3 is 2.24 bits per heavy atom. The highest BCUT2D eigenvalue weighted by atomic mass is 16.6. The molecule has 0 saturated heterocycles. The fourth-order valence-electron chi connectivity index (χ4n) is 3.02. The number of primary amides is 1. The molecule has 0 radical (unpaired) electrons. The summed E-state index contributed by atoms with van der Waals surface area (Å²) >= 11 is 0. The molecular formula is C20H21N5O8. The Bertz CT molecular complexity index is 1040. The molecule has 0 heterocycles. The summed E-state index contributed by atoms with van der Waals surface area (Å²) < 4.78 is 0. The van der Waals surface area contributed by atoms with Crippen LogP contribution in [-0.2, 0) is 4.79 Å². The van der Waals surface area contributed by atoms with Gasteiger partial charge in [-0.25, -0.2) is 4.79 Å². The predicted molar refractivity (Wildman–Crippen MR) is 116 cm³/mol. The number of nitro groups is 2. The second-order valence-corrected chi connectivity index (χ2v) is 6.92. The van der Waals surface area contributed by atoms with Crippen LogP contribution < -0.4 is 16.4 Å². The number of anilines is 1. The van der Waals surface area contributed by atoms with E-state index in [0.29, 0.717) is 24.5 Å².